The second-order valence-electron chi connectivity index (χ2n) is 5.02. The van der Waals surface area contributed by atoms with Crippen molar-refractivity contribution < 1.29 is 4.21 Å². The molecule has 1 N–H and O–H groups in total. The number of aryl methyl sites for hydroxylation is 1. The highest BCUT2D eigenvalue weighted by Crippen LogP contribution is 2.11. The lowest BCUT2D eigenvalue weighted by Gasteiger charge is -2.15. The molecular weight excluding hydrogens is 222 g/mol. The first-order chi connectivity index (χ1) is 6.87. The minimum atomic E-state index is -1.25. The second kappa shape index (κ2) is 4.94. The zero-order valence-electron chi connectivity index (χ0n) is 9.83. The predicted octanol–water partition coefficient (Wildman–Crippen LogP) is 2.95. The van der Waals surface area contributed by atoms with Crippen LogP contribution in [0.2, 0.25) is 19.6 Å². The molecule has 15 heavy (non-hydrogen) atoms. The zero-order valence-corrected chi connectivity index (χ0v) is 11.6. The van der Waals surface area contributed by atoms with E-state index in [1.54, 1.807) is 0 Å². The van der Waals surface area contributed by atoms with E-state index in [0.29, 0.717) is 0 Å². The van der Waals surface area contributed by atoms with Crippen LogP contribution >= 0.6 is 0 Å². The summed E-state index contributed by atoms with van der Waals surface area (Å²) in [7, 11) is -2.18. The standard InChI is InChI=1S/C11H19NOSSi/c1-10-5-7-11(8-6-10)12-14(13)9-15(2,3)4/h5-8,12H,9H2,1-4H3. The molecule has 84 valence electrons. The maximum absolute atomic E-state index is 11.7. The largest absolute Gasteiger partial charge is 0.305 e. The summed E-state index contributed by atoms with van der Waals surface area (Å²) in [5.74, 6) is 0. The molecular formula is C11H19NOSSi. The third-order valence-corrected chi connectivity index (χ3v) is 6.82. The van der Waals surface area contributed by atoms with Crippen LogP contribution in [-0.2, 0) is 11.0 Å². The fraction of sp³-hybridized carbons (Fsp3) is 0.455. The van der Waals surface area contributed by atoms with Crippen molar-refractivity contribution in [1.82, 2.24) is 0 Å². The van der Waals surface area contributed by atoms with Crippen molar-refractivity contribution in [3.8, 4) is 0 Å². The average Bonchev–Trinajstić information content (AvgIpc) is 2.05. The molecule has 0 radical (unpaired) electrons. The minimum absolute atomic E-state index is 0.793. The monoisotopic (exact) mass is 241 g/mol. The van der Waals surface area contributed by atoms with Crippen LogP contribution in [0.15, 0.2) is 24.3 Å². The molecule has 1 aromatic rings. The van der Waals surface area contributed by atoms with Crippen LogP contribution in [-0.4, -0.2) is 17.7 Å². The Kier molecular flexibility index (Phi) is 4.10. The lowest BCUT2D eigenvalue weighted by atomic mass is 10.2. The van der Waals surface area contributed by atoms with Crippen LogP contribution in [0.4, 0.5) is 5.69 Å². The van der Waals surface area contributed by atoms with E-state index in [1.165, 1.54) is 5.56 Å². The highest BCUT2D eigenvalue weighted by Gasteiger charge is 2.17. The number of nitrogens with one attached hydrogen (secondary N) is 1. The van der Waals surface area contributed by atoms with E-state index in [2.05, 4.69) is 24.4 Å². The van der Waals surface area contributed by atoms with Gasteiger partial charge in [-0.2, -0.15) is 0 Å². The van der Waals surface area contributed by atoms with Gasteiger partial charge in [-0.1, -0.05) is 37.3 Å². The molecule has 0 spiro atoms. The first-order valence-electron chi connectivity index (χ1n) is 5.08. The molecule has 1 rings (SSSR count). The van der Waals surface area contributed by atoms with E-state index in [-0.39, 0.29) is 0 Å². The van der Waals surface area contributed by atoms with E-state index >= 15 is 0 Å². The van der Waals surface area contributed by atoms with Gasteiger partial charge in [0.25, 0.3) is 0 Å². The molecule has 1 aromatic carbocycles. The Morgan fingerprint density at radius 3 is 2.20 bits per heavy atom. The molecule has 0 fully saturated rings. The van der Waals surface area contributed by atoms with Crippen LogP contribution in [0.1, 0.15) is 5.56 Å². The third-order valence-electron chi connectivity index (χ3n) is 1.85. The molecule has 0 aliphatic carbocycles. The van der Waals surface area contributed by atoms with E-state index in [0.717, 1.165) is 11.1 Å². The number of hydrogen-bond acceptors (Lipinski definition) is 1. The number of anilines is 1. The van der Waals surface area contributed by atoms with Crippen molar-refractivity contribution in [1.29, 1.82) is 0 Å². The van der Waals surface area contributed by atoms with Crippen LogP contribution in [0, 0.1) is 6.92 Å². The zero-order chi connectivity index (χ0) is 11.5. The van der Waals surface area contributed by atoms with E-state index in [1.807, 2.05) is 31.2 Å². The van der Waals surface area contributed by atoms with Gasteiger partial charge in [0.1, 0.15) is 11.0 Å². The second-order valence-corrected chi connectivity index (χ2v) is 12.2. The normalized spacial score (nSPS) is 13.6. The van der Waals surface area contributed by atoms with Crippen LogP contribution in [0.25, 0.3) is 0 Å². The summed E-state index contributed by atoms with van der Waals surface area (Å²) in [6.07, 6.45) is 0. The average molecular weight is 241 g/mol. The highest BCUT2D eigenvalue weighted by molar-refractivity contribution is 7.88. The smallest absolute Gasteiger partial charge is 0.114 e. The molecule has 1 unspecified atom stereocenters. The van der Waals surface area contributed by atoms with Gasteiger partial charge in [-0.3, -0.25) is 0 Å². The Morgan fingerprint density at radius 2 is 1.73 bits per heavy atom. The van der Waals surface area contributed by atoms with E-state index in [4.69, 9.17) is 0 Å². The van der Waals surface area contributed by atoms with Crippen molar-refractivity contribution in [3.05, 3.63) is 29.8 Å². The molecule has 0 saturated carbocycles. The van der Waals surface area contributed by atoms with Crippen molar-refractivity contribution >= 4 is 24.7 Å². The van der Waals surface area contributed by atoms with Crippen molar-refractivity contribution in [3.63, 3.8) is 0 Å². The quantitative estimate of drug-likeness (QED) is 0.807. The van der Waals surface area contributed by atoms with Gasteiger partial charge in [0.2, 0.25) is 0 Å². The lowest BCUT2D eigenvalue weighted by molar-refractivity contribution is 0.688. The van der Waals surface area contributed by atoms with Crippen LogP contribution < -0.4 is 4.72 Å². The molecule has 0 saturated heterocycles. The van der Waals surface area contributed by atoms with Gasteiger partial charge < -0.3 is 4.72 Å². The van der Waals surface area contributed by atoms with Gasteiger partial charge in [0.15, 0.2) is 0 Å². The summed E-state index contributed by atoms with van der Waals surface area (Å²) < 4.78 is 14.8. The molecule has 2 nitrogen and oxygen atoms in total. The molecule has 0 aliphatic rings. The fourth-order valence-electron chi connectivity index (χ4n) is 1.18. The van der Waals surface area contributed by atoms with E-state index in [9.17, 15) is 4.21 Å². The van der Waals surface area contributed by atoms with Crippen LogP contribution in [0.3, 0.4) is 0 Å². The van der Waals surface area contributed by atoms with E-state index < -0.39 is 19.1 Å². The minimum Gasteiger partial charge on any atom is -0.305 e. The molecule has 0 amide bonds. The number of rotatable bonds is 4. The first kappa shape index (κ1) is 12.5. The Bertz CT molecular complexity index is 343. The Balaban J connectivity index is 2.55. The molecule has 4 heteroatoms. The highest BCUT2D eigenvalue weighted by atomic mass is 32.2. The summed E-state index contributed by atoms with van der Waals surface area (Å²) in [5.41, 5.74) is 2.16. The number of hydrogen-bond donors (Lipinski definition) is 1. The number of benzene rings is 1. The van der Waals surface area contributed by atoms with Crippen molar-refractivity contribution in [2.75, 3.05) is 10.1 Å². The molecule has 1 atom stereocenters. The molecule has 0 aliphatic heterocycles. The summed E-state index contributed by atoms with van der Waals surface area (Å²) in [6.45, 7) is 8.72. The van der Waals surface area contributed by atoms with Gasteiger partial charge >= 0.3 is 0 Å². The predicted molar refractivity (Wildman–Crippen MR) is 71.2 cm³/mol. The Labute approximate surface area is 95.7 Å². The summed E-state index contributed by atoms with van der Waals surface area (Å²) >= 11 is 0. The third kappa shape index (κ3) is 5.13. The fourth-order valence-corrected chi connectivity index (χ4v) is 5.02. The van der Waals surface area contributed by atoms with Crippen LogP contribution in [0.5, 0.6) is 0 Å². The van der Waals surface area contributed by atoms with Crippen molar-refractivity contribution in [2.24, 2.45) is 0 Å². The first-order valence-corrected chi connectivity index (χ1v) is 10.1. The summed E-state index contributed by atoms with van der Waals surface area (Å²) in [4.78, 5) is 0. The topological polar surface area (TPSA) is 29.1 Å². The maximum atomic E-state index is 11.7. The Hall–Kier alpha value is -0.613. The van der Waals surface area contributed by atoms with Crippen molar-refractivity contribution in [2.45, 2.75) is 26.6 Å². The molecule has 0 aromatic heterocycles. The van der Waals surface area contributed by atoms with Gasteiger partial charge in [-0.25, -0.2) is 4.21 Å². The molecule has 0 heterocycles. The SMILES string of the molecule is Cc1ccc(NS(=O)C[Si](C)(C)C)cc1. The van der Waals surface area contributed by atoms with Gasteiger partial charge in [0.05, 0.1) is 8.07 Å². The lowest BCUT2D eigenvalue weighted by Crippen LogP contribution is -2.31. The summed E-state index contributed by atoms with van der Waals surface area (Å²) in [5, 5.41) is 0.793. The maximum Gasteiger partial charge on any atom is 0.114 e. The van der Waals surface area contributed by atoms with Gasteiger partial charge in [-0.15, -0.1) is 0 Å². The molecule has 0 bridgehead atoms. The summed E-state index contributed by atoms with van der Waals surface area (Å²) in [6, 6.07) is 7.98. The Morgan fingerprint density at radius 1 is 1.20 bits per heavy atom. The van der Waals surface area contributed by atoms with Gasteiger partial charge in [0, 0.05) is 11.1 Å². The van der Waals surface area contributed by atoms with Gasteiger partial charge in [-0.05, 0) is 19.1 Å².